The summed E-state index contributed by atoms with van der Waals surface area (Å²) in [7, 11) is 0. The molecule has 0 aromatic carbocycles. The molecule has 96 valence electrons. The van der Waals surface area contributed by atoms with E-state index >= 15 is 0 Å². The number of hydrogen-bond donors (Lipinski definition) is 2. The molecule has 3 N–H and O–H groups in total. The van der Waals surface area contributed by atoms with Crippen LogP contribution < -0.4 is 11.3 Å². The normalized spacial score (nSPS) is 15.7. The fraction of sp³-hybridized carbons (Fsp3) is 0.600. The fourth-order valence-corrected chi connectivity index (χ4v) is 1.25. The van der Waals surface area contributed by atoms with Gasteiger partial charge in [-0.2, -0.15) is 13.2 Å². The van der Waals surface area contributed by atoms with Crippen LogP contribution in [-0.2, 0) is 11.7 Å². The molecule has 17 heavy (non-hydrogen) atoms. The predicted molar refractivity (Wildman–Crippen MR) is 56.4 cm³/mol. The van der Waals surface area contributed by atoms with Gasteiger partial charge < -0.3 is 10.7 Å². The molecule has 0 spiro atoms. The molecule has 7 heteroatoms. The van der Waals surface area contributed by atoms with Crippen molar-refractivity contribution in [2.75, 3.05) is 0 Å². The van der Waals surface area contributed by atoms with Gasteiger partial charge in [-0.1, -0.05) is 6.92 Å². The smallest absolute Gasteiger partial charge is 0.319 e. The van der Waals surface area contributed by atoms with Crippen molar-refractivity contribution in [2.24, 2.45) is 5.73 Å². The van der Waals surface area contributed by atoms with Crippen molar-refractivity contribution in [3.8, 4) is 0 Å². The summed E-state index contributed by atoms with van der Waals surface area (Å²) in [6, 6.07) is 0. The maximum absolute atomic E-state index is 12.6. The lowest BCUT2D eigenvalue weighted by molar-refractivity contribution is -0.142. The third-order valence-electron chi connectivity index (χ3n) is 2.70. The summed E-state index contributed by atoms with van der Waals surface area (Å²) in [6.45, 7) is 4.30. The minimum absolute atomic E-state index is 0.150. The maximum atomic E-state index is 12.6. The summed E-state index contributed by atoms with van der Waals surface area (Å²) < 4.78 is 37.9. The van der Waals surface area contributed by atoms with Crippen molar-refractivity contribution in [1.29, 1.82) is 0 Å². The number of aromatic amines is 1. The van der Waals surface area contributed by atoms with E-state index in [2.05, 4.69) is 9.97 Å². The largest absolute Gasteiger partial charge is 0.433 e. The van der Waals surface area contributed by atoms with Gasteiger partial charge in [0.1, 0.15) is 5.82 Å². The second-order valence-corrected chi connectivity index (χ2v) is 4.16. The summed E-state index contributed by atoms with van der Waals surface area (Å²) in [5, 5.41) is 0. The molecule has 0 aliphatic heterocycles. The molecule has 1 aromatic heterocycles. The van der Waals surface area contributed by atoms with E-state index in [1.165, 1.54) is 6.92 Å². The summed E-state index contributed by atoms with van der Waals surface area (Å²) in [4.78, 5) is 17.1. The van der Waals surface area contributed by atoms with E-state index < -0.39 is 28.5 Å². The van der Waals surface area contributed by atoms with Crippen LogP contribution >= 0.6 is 0 Å². The average molecular weight is 249 g/mol. The van der Waals surface area contributed by atoms with Gasteiger partial charge in [0, 0.05) is 5.56 Å². The number of hydrogen-bond acceptors (Lipinski definition) is 3. The maximum Gasteiger partial charge on any atom is 0.433 e. The third-order valence-corrected chi connectivity index (χ3v) is 2.70. The molecular formula is C10H14F3N3O. The molecule has 1 atom stereocenters. The Kier molecular flexibility index (Phi) is 3.33. The van der Waals surface area contributed by atoms with Gasteiger partial charge in [0.2, 0.25) is 0 Å². The molecule has 1 unspecified atom stereocenters. The first-order valence-electron chi connectivity index (χ1n) is 5.07. The van der Waals surface area contributed by atoms with Crippen molar-refractivity contribution < 1.29 is 13.2 Å². The van der Waals surface area contributed by atoms with Gasteiger partial charge in [-0.05, 0) is 20.3 Å². The molecule has 1 aromatic rings. The fourth-order valence-electron chi connectivity index (χ4n) is 1.25. The van der Waals surface area contributed by atoms with Gasteiger partial charge in [0.15, 0.2) is 5.69 Å². The highest BCUT2D eigenvalue weighted by Gasteiger charge is 2.37. The lowest BCUT2D eigenvalue weighted by atomic mass is 9.99. The van der Waals surface area contributed by atoms with E-state index in [0.717, 1.165) is 6.92 Å². The Morgan fingerprint density at radius 3 is 2.35 bits per heavy atom. The van der Waals surface area contributed by atoms with Crippen LogP contribution in [0.1, 0.15) is 37.4 Å². The third kappa shape index (κ3) is 2.66. The lowest BCUT2D eigenvalue weighted by Gasteiger charge is -2.22. The highest BCUT2D eigenvalue weighted by molar-refractivity contribution is 5.21. The Morgan fingerprint density at radius 2 is 1.94 bits per heavy atom. The molecule has 0 fully saturated rings. The molecule has 4 nitrogen and oxygen atoms in total. The van der Waals surface area contributed by atoms with E-state index in [1.54, 1.807) is 6.92 Å². The van der Waals surface area contributed by atoms with Gasteiger partial charge in [-0.15, -0.1) is 0 Å². The number of nitrogens with zero attached hydrogens (tertiary/aromatic N) is 1. The van der Waals surface area contributed by atoms with Crippen LogP contribution in [-0.4, -0.2) is 9.97 Å². The summed E-state index contributed by atoms with van der Waals surface area (Å²) >= 11 is 0. The Balaban J connectivity index is 3.51. The molecule has 0 bridgehead atoms. The number of aromatic nitrogens is 2. The standard InChI is InChI=1S/C10H14F3N3O/c1-4-9(3,14)8-15-6(10(11,12)13)5(2)7(17)16-8/h4,14H2,1-3H3,(H,15,16,17). The second kappa shape index (κ2) is 4.14. The number of nitrogens with two attached hydrogens (primary N) is 1. The molecule has 0 saturated carbocycles. The molecule has 1 rings (SSSR count). The minimum Gasteiger partial charge on any atom is -0.319 e. The van der Waals surface area contributed by atoms with Crippen molar-refractivity contribution in [2.45, 2.75) is 38.9 Å². The zero-order valence-corrected chi connectivity index (χ0v) is 9.77. The van der Waals surface area contributed by atoms with E-state index in [-0.39, 0.29) is 5.82 Å². The Hall–Kier alpha value is -1.37. The van der Waals surface area contributed by atoms with Crippen molar-refractivity contribution in [1.82, 2.24) is 9.97 Å². The van der Waals surface area contributed by atoms with Crippen LogP contribution in [0.2, 0.25) is 0 Å². The summed E-state index contributed by atoms with van der Waals surface area (Å²) in [5.74, 6) is -0.150. The predicted octanol–water partition coefficient (Wildman–Crippen LogP) is 1.68. The van der Waals surface area contributed by atoms with E-state index in [1.807, 2.05) is 0 Å². The topological polar surface area (TPSA) is 71.8 Å². The average Bonchev–Trinajstić information content (AvgIpc) is 2.19. The van der Waals surface area contributed by atoms with Crippen molar-refractivity contribution in [3.63, 3.8) is 0 Å². The SMILES string of the molecule is CCC(C)(N)c1nc(C(F)(F)F)c(C)c(=O)[nH]1. The number of rotatable bonds is 2. The van der Waals surface area contributed by atoms with Crippen LogP contribution in [0.3, 0.4) is 0 Å². The molecule has 0 radical (unpaired) electrons. The van der Waals surface area contributed by atoms with Crippen LogP contribution in [0.25, 0.3) is 0 Å². The van der Waals surface area contributed by atoms with Gasteiger partial charge in [0.25, 0.3) is 5.56 Å². The number of halogens is 3. The number of alkyl halides is 3. The first-order valence-corrected chi connectivity index (χ1v) is 5.07. The zero-order chi connectivity index (χ0) is 13.4. The summed E-state index contributed by atoms with van der Waals surface area (Å²) in [5.41, 5.74) is 2.24. The summed E-state index contributed by atoms with van der Waals surface area (Å²) in [6.07, 6.45) is -4.30. The Labute approximate surface area is 96.1 Å². The molecule has 0 aliphatic carbocycles. The Bertz CT molecular complexity index is 477. The van der Waals surface area contributed by atoms with Crippen LogP contribution in [0.4, 0.5) is 13.2 Å². The molecule has 0 amide bonds. The van der Waals surface area contributed by atoms with E-state index in [0.29, 0.717) is 6.42 Å². The molecule has 0 saturated heterocycles. The Morgan fingerprint density at radius 1 is 1.41 bits per heavy atom. The monoisotopic (exact) mass is 249 g/mol. The quantitative estimate of drug-likeness (QED) is 0.837. The minimum atomic E-state index is -4.66. The second-order valence-electron chi connectivity index (χ2n) is 4.16. The number of nitrogens with one attached hydrogen (secondary N) is 1. The zero-order valence-electron chi connectivity index (χ0n) is 9.77. The first kappa shape index (κ1) is 13.7. The van der Waals surface area contributed by atoms with Crippen LogP contribution in [0, 0.1) is 6.92 Å². The highest BCUT2D eigenvalue weighted by atomic mass is 19.4. The van der Waals surface area contributed by atoms with Crippen molar-refractivity contribution in [3.05, 3.63) is 27.4 Å². The van der Waals surface area contributed by atoms with E-state index in [9.17, 15) is 18.0 Å². The highest BCUT2D eigenvalue weighted by Crippen LogP contribution is 2.30. The van der Waals surface area contributed by atoms with Crippen LogP contribution in [0.15, 0.2) is 4.79 Å². The van der Waals surface area contributed by atoms with Gasteiger partial charge in [0.05, 0.1) is 5.54 Å². The first-order chi connectivity index (χ1) is 7.59. The molecule has 0 aliphatic rings. The lowest BCUT2D eigenvalue weighted by Crippen LogP contribution is -2.38. The van der Waals surface area contributed by atoms with Gasteiger partial charge >= 0.3 is 6.18 Å². The molecule has 1 heterocycles. The van der Waals surface area contributed by atoms with Crippen molar-refractivity contribution >= 4 is 0 Å². The number of H-pyrrole nitrogens is 1. The van der Waals surface area contributed by atoms with Crippen LogP contribution in [0.5, 0.6) is 0 Å². The molecular weight excluding hydrogens is 235 g/mol. The van der Waals surface area contributed by atoms with Gasteiger partial charge in [-0.25, -0.2) is 4.98 Å². The van der Waals surface area contributed by atoms with E-state index in [4.69, 9.17) is 5.73 Å². The van der Waals surface area contributed by atoms with Gasteiger partial charge in [-0.3, -0.25) is 4.79 Å².